The van der Waals surface area contributed by atoms with Crippen molar-refractivity contribution < 1.29 is 18.7 Å². The van der Waals surface area contributed by atoms with E-state index in [9.17, 15) is 14.4 Å². The molecule has 7 nitrogen and oxygen atoms in total. The van der Waals surface area contributed by atoms with Crippen molar-refractivity contribution in [2.24, 2.45) is 0 Å². The summed E-state index contributed by atoms with van der Waals surface area (Å²) in [5.74, 6) is -0.888. The lowest BCUT2D eigenvalue weighted by Crippen LogP contribution is -2.53. The van der Waals surface area contributed by atoms with Crippen molar-refractivity contribution in [2.45, 2.75) is 18.9 Å². The van der Waals surface area contributed by atoms with Gasteiger partial charge >= 0.3 is 0 Å². The van der Waals surface area contributed by atoms with Crippen LogP contribution in [0.3, 0.4) is 0 Å². The van der Waals surface area contributed by atoms with E-state index in [1.165, 1.54) is 4.90 Å². The Labute approximate surface area is 190 Å². The lowest BCUT2D eigenvalue weighted by Gasteiger charge is -2.34. The van der Waals surface area contributed by atoms with Crippen LogP contribution in [-0.4, -0.2) is 43.0 Å². The fourth-order valence-corrected chi connectivity index (χ4v) is 5.02. The minimum atomic E-state index is -1.58. The predicted octanol–water partition coefficient (Wildman–Crippen LogP) is 3.45. The zero-order valence-electron chi connectivity index (χ0n) is 18.4. The van der Waals surface area contributed by atoms with E-state index in [1.807, 2.05) is 31.2 Å². The second kappa shape index (κ2) is 8.01. The normalized spacial score (nSPS) is 18.9. The molecule has 2 aliphatic heterocycles. The highest BCUT2D eigenvalue weighted by molar-refractivity contribution is 6.17. The molecule has 0 saturated carbocycles. The molecule has 33 heavy (non-hydrogen) atoms. The molecule has 0 saturated heterocycles. The van der Waals surface area contributed by atoms with E-state index < -0.39 is 11.4 Å². The molecule has 2 amide bonds. The first kappa shape index (κ1) is 21.2. The molecule has 0 bridgehead atoms. The molecule has 168 valence electrons. The van der Waals surface area contributed by atoms with Crippen LogP contribution in [0.25, 0.3) is 11.0 Å². The van der Waals surface area contributed by atoms with Crippen LogP contribution in [0, 0.1) is 0 Å². The van der Waals surface area contributed by atoms with Crippen LogP contribution in [-0.2, 0) is 15.1 Å². The van der Waals surface area contributed by atoms with E-state index in [0.29, 0.717) is 41.9 Å². The number of hydrogen-bond acceptors (Lipinski definition) is 5. The van der Waals surface area contributed by atoms with Gasteiger partial charge < -0.3 is 19.0 Å². The summed E-state index contributed by atoms with van der Waals surface area (Å²) < 4.78 is 11.5. The van der Waals surface area contributed by atoms with Gasteiger partial charge in [0, 0.05) is 31.9 Å². The lowest BCUT2D eigenvalue weighted by atomic mass is 9.84. The maximum atomic E-state index is 14.1. The van der Waals surface area contributed by atoms with Gasteiger partial charge in [0.05, 0.1) is 16.6 Å². The first-order valence-corrected chi connectivity index (χ1v) is 11.1. The zero-order valence-corrected chi connectivity index (χ0v) is 18.4. The number of carbonyl (C=O) groups excluding carboxylic acids is 2. The van der Waals surface area contributed by atoms with Crippen LogP contribution in [0.2, 0.25) is 0 Å². The van der Waals surface area contributed by atoms with Crippen LogP contribution in [0.15, 0.2) is 70.4 Å². The molecular weight excluding hydrogens is 420 g/mol. The minimum Gasteiger partial charge on any atom is -0.450 e. The van der Waals surface area contributed by atoms with Gasteiger partial charge in [0.2, 0.25) is 5.76 Å². The lowest BCUT2D eigenvalue weighted by molar-refractivity contribution is -0.126. The van der Waals surface area contributed by atoms with E-state index in [-0.39, 0.29) is 35.7 Å². The third kappa shape index (κ3) is 2.82. The van der Waals surface area contributed by atoms with Crippen molar-refractivity contribution >= 4 is 28.5 Å². The SMILES string of the molecule is C=CCN1C(=O)[C@@]2(c3ccccc31)c1c(oc3ccccc3c1=O)C(=O)N2CCCOCC. The van der Waals surface area contributed by atoms with Crippen molar-refractivity contribution in [3.63, 3.8) is 0 Å². The maximum Gasteiger partial charge on any atom is 0.291 e. The Hall–Kier alpha value is -3.71. The van der Waals surface area contributed by atoms with Gasteiger partial charge in [-0.2, -0.15) is 0 Å². The number of nitrogens with zero attached hydrogens (tertiary/aromatic N) is 2. The van der Waals surface area contributed by atoms with E-state index >= 15 is 0 Å². The standard InChI is InChI=1S/C26H24N2O5/c1-3-14-27-19-12-7-6-11-18(19)26(25(27)31)21-22(29)17-10-5-8-13-20(17)33-23(21)24(30)28(26)15-9-16-32-4-2/h3,5-8,10-13H,1,4,9,14-16H2,2H3/t26-/m1/s1. The third-order valence-corrected chi connectivity index (χ3v) is 6.33. The van der Waals surface area contributed by atoms with E-state index in [4.69, 9.17) is 9.15 Å². The third-order valence-electron chi connectivity index (χ3n) is 6.33. The van der Waals surface area contributed by atoms with Crippen molar-refractivity contribution in [3.05, 3.63) is 88.3 Å². The Morgan fingerprint density at radius 2 is 1.85 bits per heavy atom. The molecule has 0 N–H and O–H groups in total. The summed E-state index contributed by atoms with van der Waals surface area (Å²) in [6.45, 7) is 7.16. The van der Waals surface area contributed by atoms with E-state index in [2.05, 4.69) is 6.58 Å². The molecular formula is C26H24N2O5. The first-order valence-electron chi connectivity index (χ1n) is 11.1. The number of ether oxygens (including phenoxy) is 1. The number of anilines is 1. The summed E-state index contributed by atoms with van der Waals surface area (Å²) in [5, 5.41) is 0.340. The van der Waals surface area contributed by atoms with Crippen molar-refractivity contribution in [1.29, 1.82) is 0 Å². The molecule has 5 rings (SSSR count). The number of rotatable bonds is 7. The summed E-state index contributed by atoms with van der Waals surface area (Å²) in [5.41, 5.74) is -0.276. The van der Waals surface area contributed by atoms with Gasteiger partial charge in [0.15, 0.2) is 11.0 Å². The fourth-order valence-electron chi connectivity index (χ4n) is 5.02. The second-order valence-corrected chi connectivity index (χ2v) is 8.07. The van der Waals surface area contributed by atoms with Gasteiger partial charge in [-0.1, -0.05) is 36.4 Å². The second-order valence-electron chi connectivity index (χ2n) is 8.07. The Kier molecular flexibility index (Phi) is 5.13. The van der Waals surface area contributed by atoms with Crippen molar-refractivity contribution in [2.75, 3.05) is 31.2 Å². The molecule has 1 aromatic heterocycles. The molecule has 0 aliphatic carbocycles. The summed E-state index contributed by atoms with van der Waals surface area (Å²) in [7, 11) is 0. The smallest absolute Gasteiger partial charge is 0.291 e. The van der Waals surface area contributed by atoms with Gasteiger partial charge in [-0.3, -0.25) is 14.4 Å². The van der Waals surface area contributed by atoms with Gasteiger partial charge in [-0.25, -0.2) is 0 Å². The van der Waals surface area contributed by atoms with Gasteiger partial charge in [0.1, 0.15) is 5.58 Å². The Balaban J connectivity index is 1.81. The summed E-state index contributed by atoms with van der Waals surface area (Å²) in [6, 6.07) is 14.1. The maximum absolute atomic E-state index is 14.1. The average molecular weight is 444 g/mol. The van der Waals surface area contributed by atoms with Crippen LogP contribution in [0.1, 0.15) is 35.0 Å². The monoisotopic (exact) mass is 444 g/mol. The van der Waals surface area contributed by atoms with Crippen LogP contribution < -0.4 is 10.3 Å². The van der Waals surface area contributed by atoms with Crippen LogP contribution in [0.4, 0.5) is 5.69 Å². The minimum absolute atomic E-state index is 0.0706. The summed E-state index contributed by atoms with van der Waals surface area (Å²) in [4.78, 5) is 44.7. The molecule has 1 spiro atoms. The molecule has 3 heterocycles. The highest BCUT2D eigenvalue weighted by Gasteiger charge is 2.64. The van der Waals surface area contributed by atoms with Gasteiger partial charge in [-0.05, 0) is 31.5 Å². The molecule has 0 unspecified atom stereocenters. The molecule has 3 aromatic rings. The quantitative estimate of drug-likeness (QED) is 0.412. The van der Waals surface area contributed by atoms with Crippen LogP contribution in [0.5, 0.6) is 0 Å². The van der Waals surface area contributed by atoms with E-state index in [1.54, 1.807) is 35.2 Å². The molecule has 1 atom stereocenters. The average Bonchev–Trinajstić information content (AvgIpc) is 3.22. The highest BCUT2D eigenvalue weighted by atomic mass is 16.5. The predicted molar refractivity (Wildman–Crippen MR) is 124 cm³/mol. The van der Waals surface area contributed by atoms with E-state index in [0.717, 1.165) is 0 Å². The summed E-state index contributed by atoms with van der Waals surface area (Å²) >= 11 is 0. The molecule has 2 aliphatic rings. The molecule has 0 radical (unpaired) electrons. The number of fused-ring (bicyclic) bond motifs is 5. The number of para-hydroxylation sites is 2. The first-order chi connectivity index (χ1) is 16.1. The zero-order chi connectivity index (χ0) is 23.2. The van der Waals surface area contributed by atoms with Gasteiger partial charge in [-0.15, -0.1) is 6.58 Å². The summed E-state index contributed by atoms with van der Waals surface area (Å²) in [6.07, 6.45) is 2.15. The Bertz CT molecular complexity index is 1340. The number of benzene rings is 2. The van der Waals surface area contributed by atoms with Gasteiger partial charge in [0.25, 0.3) is 11.8 Å². The molecule has 2 aromatic carbocycles. The topological polar surface area (TPSA) is 80.1 Å². The molecule has 7 heteroatoms. The molecule has 0 fully saturated rings. The Morgan fingerprint density at radius 1 is 1.09 bits per heavy atom. The highest BCUT2D eigenvalue weighted by Crippen LogP contribution is 2.52. The number of hydrogen-bond donors (Lipinski definition) is 0. The Morgan fingerprint density at radius 3 is 2.64 bits per heavy atom. The van der Waals surface area contributed by atoms with Crippen molar-refractivity contribution in [1.82, 2.24) is 4.90 Å². The number of carbonyl (C=O) groups is 2. The van der Waals surface area contributed by atoms with Crippen molar-refractivity contribution in [3.8, 4) is 0 Å². The van der Waals surface area contributed by atoms with Crippen LogP contribution >= 0.6 is 0 Å². The largest absolute Gasteiger partial charge is 0.450 e. The number of amides is 2. The fraction of sp³-hybridized carbons (Fsp3) is 0.269.